The van der Waals surface area contributed by atoms with Gasteiger partial charge in [0, 0.05) is 26.7 Å². The molecule has 1 N–H and O–H groups in total. The maximum Gasteiger partial charge on any atom is 0.407 e. The first-order valence-corrected chi connectivity index (χ1v) is 11.7. The highest BCUT2D eigenvalue weighted by Crippen LogP contribution is 2.40. The Bertz CT molecular complexity index is 807. The third-order valence-corrected chi connectivity index (χ3v) is 5.58. The number of carbonyl (C=O) groups excluding carboxylic acids is 5. The van der Waals surface area contributed by atoms with Crippen molar-refractivity contribution in [2.45, 2.75) is 97.1 Å². The summed E-state index contributed by atoms with van der Waals surface area (Å²) in [6, 6.07) is -1.44. The lowest BCUT2D eigenvalue weighted by Gasteiger charge is -2.49. The molecule has 1 rings (SSSR count). The summed E-state index contributed by atoms with van der Waals surface area (Å²) < 4.78 is 47.1. The van der Waals surface area contributed by atoms with Crippen LogP contribution in [0.15, 0.2) is 0 Å². The molecule has 0 aromatic heterocycles. The summed E-state index contributed by atoms with van der Waals surface area (Å²) in [4.78, 5) is 60.8. The Morgan fingerprint density at radius 3 is 2.17 bits per heavy atom. The number of unbranched alkanes of at least 4 members (excludes halogenated alkanes) is 1. The normalized spacial score (nSPS) is 27.1. The van der Waals surface area contributed by atoms with E-state index in [0.717, 1.165) is 27.4 Å². The van der Waals surface area contributed by atoms with E-state index in [4.69, 9.17) is 23.7 Å². The van der Waals surface area contributed by atoms with Crippen molar-refractivity contribution in [3.05, 3.63) is 0 Å². The number of halogens is 1. The number of esters is 4. The summed E-state index contributed by atoms with van der Waals surface area (Å²) in [5.74, 6) is -7.89. The van der Waals surface area contributed by atoms with Crippen molar-refractivity contribution in [3.8, 4) is 0 Å². The first-order chi connectivity index (χ1) is 16.8. The van der Waals surface area contributed by atoms with Gasteiger partial charge in [-0.05, 0) is 12.8 Å². The Hall–Kier alpha value is -2.96. The molecule has 1 amide bonds. The maximum absolute atomic E-state index is 16.0. The first-order valence-electron chi connectivity index (χ1n) is 11.7. The molecule has 1 saturated heterocycles. The summed E-state index contributed by atoms with van der Waals surface area (Å²) in [5.41, 5.74) is 0. The topological polar surface area (TPSA) is 153 Å². The minimum atomic E-state index is -2.97. The number of nitrogens with one attached hydrogen (secondary N) is 1. The predicted molar refractivity (Wildman–Crippen MR) is 120 cm³/mol. The maximum atomic E-state index is 16.0. The first kappa shape index (κ1) is 31.1. The molecule has 0 bridgehead atoms. The molecule has 0 radical (unpaired) electrons. The summed E-state index contributed by atoms with van der Waals surface area (Å²) in [5, 5.41) is 2.44. The van der Waals surface area contributed by atoms with Crippen molar-refractivity contribution in [2.24, 2.45) is 5.92 Å². The summed E-state index contributed by atoms with van der Waals surface area (Å²) in [6.07, 6.45) is -6.10. The highest BCUT2D eigenvalue weighted by Gasteiger charge is 2.66. The van der Waals surface area contributed by atoms with Crippen molar-refractivity contribution >= 4 is 30.0 Å². The summed E-state index contributed by atoms with van der Waals surface area (Å²) in [7, 11) is 0.923. The van der Waals surface area contributed by atoms with Crippen LogP contribution < -0.4 is 5.32 Å². The van der Waals surface area contributed by atoms with Crippen LogP contribution >= 0.6 is 0 Å². The van der Waals surface area contributed by atoms with Gasteiger partial charge in [0.25, 0.3) is 0 Å². The molecule has 1 fully saturated rings. The van der Waals surface area contributed by atoms with Gasteiger partial charge >= 0.3 is 35.8 Å². The molecule has 1 aliphatic heterocycles. The fourth-order valence-corrected chi connectivity index (χ4v) is 3.96. The van der Waals surface area contributed by atoms with Gasteiger partial charge in [-0.2, -0.15) is 0 Å². The van der Waals surface area contributed by atoms with E-state index in [-0.39, 0.29) is 13.0 Å². The van der Waals surface area contributed by atoms with E-state index in [1.54, 1.807) is 13.8 Å². The molecule has 36 heavy (non-hydrogen) atoms. The van der Waals surface area contributed by atoms with E-state index in [1.807, 2.05) is 6.92 Å². The number of ether oxygens (including phenoxy) is 6. The molecule has 7 atom stereocenters. The molecule has 13 heteroatoms. The Morgan fingerprint density at radius 1 is 1.06 bits per heavy atom. The van der Waals surface area contributed by atoms with Crippen LogP contribution in [0, 0.1) is 5.92 Å². The zero-order chi connectivity index (χ0) is 27.6. The van der Waals surface area contributed by atoms with Crippen molar-refractivity contribution in [1.29, 1.82) is 0 Å². The second-order valence-electron chi connectivity index (χ2n) is 8.39. The van der Waals surface area contributed by atoms with Gasteiger partial charge in [0.2, 0.25) is 6.17 Å². The average Bonchev–Trinajstić information content (AvgIpc) is 2.80. The van der Waals surface area contributed by atoms with Crippen LogP contribution in [0.1, 0.15) is 60.8 Å². The molecule has 0 aliphatic carbocycles. The van der Waals surface area contributed by atoms with Crippen LogP contribution in [0.3, 0.4) is 0 Å². The fraction of sp³-hybridized carbons (Fsp3) is 0.783. The zero-order valence-electron chi connectivity index (χ0n) is 21.7. The van der Waals surface area contributed by atoms with Crippen LogP contribution in [0.2, 0.25) is 0 Å². The fourth-order valence-electron chi connectivity index (χ4n) is 3.96. The van der Waals surface area contributed by atoms with Gasteiger partial charge < -0.3 is 33.7 Å². The number of rotatable bonds is 11. The quantitative estimate of drug-likeness (QED) is 0.241. The second-order valence-corrected chi connectivity index (χ2v) is 8.39. The largest absolute Gasteiger partial charge is 0.464 e. The van der Waals surface area contributed by atoms with Gasteiger partial charge in [-0.25, -0.2) is 14.0 Å². The summed E-state index contributed by atoms with van der Waals surface area (Å²) in [6.45, 7) is 8.32. The number of carbonyl (C=O) groups is 5. The lowest BCUT2D eigenvalue weighted by molar-refractivity contribution is -0.320. The Balaban J connectivity index is 3.64. The molecule has 206 valence electrons. The van der Waals surface area contributed by atoms with Crippen LogP contribution in [0.25, 0.3) is 0 Å². The highest BCUT2D eigenvalue weighted by atomic mass is 19.1. The monoisotopic (exact) mass is 521 g/mol. The number of hydrogen-bond acceptors (Lipinski definition) is 11. The van der Waals surface area contributed by atoms with Gasteiger partial charge in [0.15, 0.2) is 6.10 Å². The van der Waals surface area contributed by atoms with Crippen LogP contribution in [0.5, 0.6) is 0 Å². The van der Waals surface area contributed by atoms with E-state index in [9.17, 15) is 24.0 Å². The number of amides is 1. The van der Waals surface area contributed by atoms with Crippen molar-refractivity contribution in [1.82, 2.24) is 5.32 Å². The number of alkyl carbamates (subject to hydrolysis) is 1. The SMILES string of the molecule is CCCCOC(=O)N[C@H]1C([C@H](C)[C@@H](CC)OC(C)=O)O[C@@](OC(C)=O)(C(=O)OC)C(F)[C@H]1OC(C)=O. The van der Waals surface area contributed by atoms with Gasteiger partial charge in [-0.1, -0.05) is 27.2 Å². The molecular formula is C23H36FNO11. The van der Waals surface area contributed by atoms with Crippen LogP contribution in [-0.4, -0.2) is 80.0 Å². The Kier molecular flexibility index (Phi) is 12.0. The van der Waals surface area contributed by atoms with Gasteiger partial charge in [0.1, 0.15) is 6.10 Å². The van der Waals surface area contributed by atoms with Gasteiger partial charge in [-0.3, -0.25) is 14.4 Å². The molecule has 0 aromatic rings. The smallest absolute Gasteiger partial charge is 0.407 e. The molecule has 1 aliphatic rings. The Morgan fingerprint density at radius 2 is 1.69 bits per heavy atom. The third kappa shape index (κ3) is 7.77. The molecule has 0 spiro atoms. The highest BCUT2D eigenvalue weighted by molar-refractivity contribution is 5.83. The third-order valence-electron chi connectivity index (χ3n) is 5.58. The lowest BCUT2D eigenvalue weighted by atomic mass is 9.82. The van der Waals surface area contributed by atoms with E-state index in [1.165, 1.54) is 6.92 Å². The van der Waals surface area contributed by atoms with E-state index in [0.29, 0.717) is 6.42 Å². The van der Waals surface area contributed by atoms with Crippen LogP contribution in [0.4, 0.5) is 9.18 Å². The molecule has 0 aromatic carbocycles. The zero-order valence-corrected chi connectivity index (χ0v) is 21.7. The lowest BCUT2D eigenvalue weighted by Crippen LogP contribution is -2.73. The van der Waals surface area contributed by atoms with Gasteiger partial charge in [-0.15, -0.1) is 0 Å². The van der Waals surface area contributed by atoms with E-state index >= 15 is 4.39 Å². The second kappa shape index (κ2) is 14.0. The average molecular weight is 522 g/mol. The molecule has 1 heterocycles. The minimum absolute atomic E-state index is 0.0675. The predicted octanol–water partition coefficient (Wildman–Crippen LogP) is 1.96. The minimum Gasteiger partial charge on any atom is -0.464 e. The van der Waals surface area contributed by atoms with Crippen molar-refractivity contribution in [2.75, 3.05) is 13.7 Å². The molecular weight excluding hydrogens is 485 g/mol. The van der Waals surface area contributed by atoms with Crippen molar-refractivity contribution < 1.29 is 56.8 Å². The van der Waals surface area contributed by atoms with E-state index < -0.39 is 72.2 Å². The van der Waals surface area contributed by atoms with E-state index in [2.05, 4.69) is 10.1 Å². The molecule has 0 saturated carbocycles. The number of hydrogen-bond donors (Lipinski definition) is 1. The standard InChI is InChI=1S/C23H36FNO11/c1-8-10-11-32-22(30)25-17-18(12(3)16(9-2)33-13(4)26)36-23(21(29)31-7,35-15(6)28)20(24)19(17)34-14(5)27/h12,16-20H,8-11H2,1-7H3,(H,25,30)/t12-,16-,17+,18?,19+,20?,23-/m1/s1. The molecule has 12 nitrogen and oxygen atoms in total. The number of methoxy groups -OCH3 is 1. The number of alkyl halides is 1. The Labute approximate surface area is 209 Å². The van der Waals surface area contributed by atoms with Gasteiger partial charge in [0.05, 0.1) is 25.9 Å². The van der Waals surface area contributed by atoms with Crippen LogP contribution in [-0.2, 0) is 47.6 Å². The molecule has 2 unspecified atom stereocenters. The summed E-state index contributed by atoms with van der Waals surface area (Å²) >= 11 is 0. The van der Waals surface area contributed by atoms with Crippen molar-refractivity contribution in [3.63, 3.8) is 0 Å².